The van der Waals surface area contributed by atoms with Crippen LogP contribution in [0.15, 0.2) is 60.7 Å². The second-order valence-corrected chi connectivity index (χ2v) is 5.69. The van der Waals surface area contributed by atoms with Gasteiger partial charge in [0.1, 0.15) is 0 Å². The van der Waals surface area contributed by atoms with E-state index in [-0.39, 0.29) is 11.8 Å². The zero-order valence-electron chi connectivity index (χ0n) is 11.8. The van der Waals surface area contributed by atoms with Gasteiger partial charge in [0.05, 0.1) is 0 Å². The van der Waals surface area contributed by atoms with E-state index in [1.165, 1.54) is 0 Å². The molecule has 0 N–H and O–H groups in total. The first-order chi connectivity index (χ1) is 10.7. The number of nitrogens with zero attached hydrogens (tertiary/aromatic N) is 2. The first-order valence-corrected chi connectivity index (χ1v) is 7.82. The van der Waals surface area contributed by atoms with Crippen molar-refractivity contribution in [3.8, 4) is 0 Å². The summed E-state index contributed by atoms with van der Waals surface area (Å²) in [5.74, 6) is -0.199. The summed E-state index contributed by atoms with van der Waals surface area (Å²) < 4.78 is 0.558. The molecule has 0 atom stereocenters. The third kappa shape index (κ3) is 2.73. The molecule has 3 rings (SSSR count). The summed E-state index contributed by atoms with van der Waals surface area (Å²) in [4.78, 5) is 28.2. The van der Waals surface area contributed by atoms with Gasteiger partial charge in [-0.1, -0.05) is 0 Å². The Morgan fingerprint density at radius 1 is 0.727 bits per heavy atom. The first kappa shape index (κ1) is 14.7. The Morgan fingerprint density at radius 3 is 1.45 bits per heavy atom. The first-order valence-electron chi connectivity index (χ1n) is 6.96. The molecule has 0 aliphatic carbocycles. The SMILES string of the molecule is O=C(c1ccccc1)N1CCN(C(=O)c2ccccc2)C1=[Se]. The topological polar surface area (TPSA) is 40.6 Å². The second kappa shape index (κ2) is 6.26. The van der Waals surface area contributed by atoms with Gasteiger partial charge in [-0.2, -0.15) is 0 Å². The Kier molecular flexibility index (Phi) is 4.18. The Hall–Kier alpha value is -2.23. The van der Waals surface area contributed by atoms with E-state index >= 15 is 0 Å². The minimum atomic E-state index is -0.0993. The predicted octanol–water partition coefficient (Wildman–Crippen LogP) is 1.54. The van der Waals surface area contributed by atoms with Crippen molar-refractivity contribution in [2.24, 2.45) is 0 Å². The van der Waals surface area contributed by atoms with Crippen LogP contribution in [0.1, 0.15) is 20.7 Å². The average Bonchev–Trinajstić information content (AvgIpc) is 2.96. The van der Waals surface area contributed by atoms with Gasteiger partial charge in [0.15, 0.2) is 0 Å². The van der Waals surface area contributed by atoms with Crippen molar-refractivity contribution in [3.63, 3.8) is 0 Å². The molecular formula is C17H14N2O2Se. The number of benzene rings is 2. The number of rotatable bonds is 2. The monoisotopic (exact) mass is 358 g/mol. The van der Waals surface area contributed by atoms with Crippen LogP contribution in [0.25, 0.3) is 0 Å². The van der Waals surface area contributed by atoms with Crippen LogP contribution < -0.4 is 0 Å². The van der Waals surface area contributed by atoms with Gasteiger partial charge in [-0.25, -0.2) is 0 Å². The van der Waals surface area contributed by atoms with Crippen molar-refractivity contribution in [3.05, 3.63) is 71.8 Å². The molecule has 0 radical (unpaired) electrons. The second-order valence-electron chi connectivity index (χ2n) is 4.93. The molecule has 2 amide bonds. The maximum absolute atomic E-state index is 12.5. The molecule has 0 saturated carbocycles. The summed E-state index contributed by atoms with van der Waals surface area (Å²) >= 11 is 2.87. The van der Waals surface area contributed by atoms with E-state index in [2.05, 4.69) is 15.6 Å². The molecule has 0 aromatic heterocycles. The normalized spacial score (nSPS) is 14.3. The summed E-state index contributed by atoms with van der Waals surface area (Å²) in [5.41, 5.74) is 1.23. The molecule has 1 aliphatic rings. The number of hydrogen-bond acceptors (Lipinski definition) is 2. The van der Waals surface area contributed by atoms with Gasteiger partial charge in [-0.15, -0.1) is 0 Å². The predicted molar refractivity (Wildman–Crippen MR) is 85.7 cm³/mol. The fourth-order valence-electron chi connectivity index (χ4n) is 2.39. The summed E-state index contributed by atoms with van der Waals surface area (Å²) in [5, 5.41) is 0. The minimum absolute atomic E-state index is 0.0993. The van der Waals surface area contributed by atoms with Gasteiger partial charge < -0.3 is 0 Å². The molecule has 22 heavy (non-hydrogen) atoms. The number of carbonyl (C=O) groups excluding carboxylic acids is 2. The molecule has 1 fully saturated rings. The molecule has 1 aliphatic heterocycles. The Balaban J connectivity index is 1.78. The van der Waals surface area contributed by atoms with E-state index in [9.17, 15) is 9.59 Å². The molecule has 4 nitrogen and oxygen atoms in total. The Bertz CT molecular complexity index is 654. The van der Waals surface area contributed by atoms with Crippen molar-refractivity contribution < 1.29 is 9.59 Å². The quantitative estimate of drug-likeness (QED) is 0.765. The van der Waals surface area contributed by atoms with Crippen molar-refractivity contribution in [2.75, 3.05) is 13.1 Å². The van der Waals surface area contributed by atoms with Gasteiger partial charge in [-0.3, -0.25) is 0 Å². The van der Waals surface area contributed by atoms with Crippen LogP contribution in [0.5, 0.6) is 0 Å². The molecule has 2 aromatic rings. The van der Waals surface area contributed by atoms with Crippen molar-refractivity contribution in [1.82, 2.24) is 9.80 Å². The average molecular weight is 357 g/mol. The van der Waals surface area contributed by atoms with Crippen LogP contribution in [0.2, 0.25) is 0 Å². The molecule has 0 spiro atoms. The zero-order chi connectivity index (χ0) is 15.5. The van der Waals surface area contributed by atoms with Crippen molar-refractivity contribution >= 4 is 32.1 Å². The zero-order valence-corrected chi connectivity index (χ0v) is 13.5. The third-order valence-electron chi connectivity index (χ3n) is 3.54. The summed E-state index contributed by atoms with van der Waals surface area (Å²) in [6.45, 7) is 0.989. The van der Waals surface area contributed by atoms with E-state index in [1.54, 1.807) is 34.1 Å². The van der Waals surface area contributed by atoms with E-state index in [0.29, 0.717) is 28.9 Å². The number of carbonyl (C=O) groups is 2. The van der Waals surface area contributed by atoms with Crippen molar-refractivity contribution in [1.29, 1.82) is 0 Å². The van der Waals surface area contributed by atoms with E-state index in [4.69, 9.17) is 0 Å². The van der Waals surface area contributed by atoms with Crippen LogP contribution in [0.3, 0.4) is 0 Å². The van der Waals surface area contributed by atoms with E-state index < -0.39 is 0 Å². The van der Waals surface area contributed by atoms with Gasteiger partial charge >= 0.3 is 136 Å². The fraction of sp³-hybridized carbons (Fsp3) is 0.118. The van der Waals surface area contributed by atoms with Gasteiger partial charge in [0.2, 0.25) is 0 Å². The molecule has 1 saturated heterocycles. The number of hydrogen-bond donors (Lipinski definition) is 0. The van der Waals surface area contributed by atoms with E-state index in [1.807, 2.05) is 36.4 Å². The molecule has 5 heteroatoms. The van der Waals surface area contributed by atoms with Crippen molar-refractivity contribution in [2.45, 2.75) is 0 Å². The van der Waals surface area contributed by atoms with Gasteiger partial charge in [0.25, 0.3) is 0 Å². The molecule has 2 aromatic carbocycles. The summed E-state index contributed by atoms with van der Waals surface area (Å²) in [7, 11) is 0. The van der Waals surface area contributed by atoms with Gasteiger partial charge in [-0.05, 0) is 0 Å². The molecule has 1 heterocycles. The standard InChI is InChI=1S/C17H14N2O2Se/c20-15(13-7-3-1-4-8-13)18-11-12-19(17(18)22)16(21)14-9-5-2-6-10-14/h1-10H,11-12H2. The van der Waals surface area contributed by atoms with Crippen LogP contribution in [-0.2, 0) is 0 Å². The number of amides is 2. The molecule has 0 unspecified atom stereocenters. The Morgan fingerprint density at radius 2 is 1.09 bits per heavy atom. The third-order valence-corrected chi connectivity index (χ3v) is 4.47. The van der Waals surface area contributed by atoms with Crippen LogP contribution in [-0.4, -0.2) is 54.9 Å². The van der Waals surface area contributed by atoms with E-state index in [0.717, 1.165) is 0 Å². The van der Waals surface area contributed by atoms with Crippen LogP contribution >= 0.6 is 0 Å². The molecular weight excluding hydrogens is 343 g/mol. The van der Waals surface area contributed by atoms with Crippen LogP contribution in [0, 0.1) is 0 Å². The summed E-state index contributed by atoms with van der Waals surface area (Å²) in [6.07, 6.45) is 0. The maximum atomic E-state index is 12.5. The molecule has 110 valence electrons. The summed E-state index contributed by atoms with van der Waals surface area (Å²) in [6, 6.07) is 18.2. The molecule has 0 bridgehead atoms. The fourth-order valence-corrected chi connectivity index (χ4v) is 3.12. The van der Waals surface area contributed by atoms with Crippen LogP contribution in [0.4, 0.5) is 0 Å². The Labute approximate surface area is 136 Å². The van der Waals surface area contributed by atoms with Gasteiger partial charge in [0, 0.05) is 0 Å².